The van der Waals surface area contributed by atoms with E-state index in [0.29, 0.717) is 11.3 Å². The summed E-state index contributed by atoms with van der Waals surface area (Å²) in [7, 11) is -2.17. The summed E-state index contributed by atoms with van der Waals surface area (Å²) in [4.78, 5) is 24.3. The van der Waals surface area contributed by atoms with Crippen LogP contribution in [0.5, 0.6) is 0 Å². The molecule has 1 aliphatic heterocycles. The summed E-state index contributed by atoms with van der Waals surface area (Å²) in [5, 5.41) is 0. The van der Waals surface area contributed by atoms with Crippen molar-refractivity contribution < 1.29 is 22.7 Å². The van der Waals surface area contributed by atoms with E-state index in [1.54, 1.807) is 20.0 Å². The zero-order valence-electron chi connectivity index (χ0n) is 11.8. The van der Waals surface area contributed by atoms with Gasteiger partial charge in [-0.25, -0.2) is 8.42 Å². The van der Waals surface area contributed by atoms with Crippen LogP contribution in [0.1, 0.15) is 12.5 Å². The van der Waals surface area contributed by atoms with E-state index in [-0.39, 0.29) is 23.8 Å². The molecule has 114 valence electrons. The van der Waals surface area contributed by atoms with Crippen molar-refractivity contribution in [2.45, 2.75) is 18.2 Å². The molecule has 0 atom stereocenters. The van der Waals surface area contributed by atoms with Gasteiger partial charge in [-0.1, -0.05) is 0 Å². The molecule has 21 heavy (non-hydrogen) atoms. The van der Waals surface area contributed by atoms with Crippen LogP contribution >= 0.6 is 0 Å². The van der Waals surface area contributed by atoms with Crippen LogP contribution in [0, 0.1) is 0 Å². The van der Waals surface area contributed by atoms with Gasteiger partial charge in [0.2, 0.25) is 15.9 Å². The number of ether oxygens (including phenoxy) is 1. The summed E-state index contributed by atoms with van der Waals surface area (Å²) in [6.07, 6.45) is 0.174. The Morgan fingerprint density at radius 2 is 2.14 bits per heavy atom. The summed E-state index contributed by atoms with van der Waals surface area (Å²) >= 11 is 0. The Morgan fingerprint density at radius 1 is 1.43 bits per heavy atom. The van der Waals surface area contributed by atoms with E-state index in [9.17, 15) is 18.0 Å². The van der Waals surface area contributed by atoms with E-state index in [1.807, 2.05) is 0 Å². The molecule has 1 heterocycles. The van der Waals surface area contributed by atoms with Crippen LogP contribution in [0.4, 0.5) is 5.69 Å². The van der Waals surface area contributed by atoms with Crippen molar-refractivity contribution in [2.24, 2.45) is 0 Å². The molecule has 0 unspecified atom stereocenters. The Kier molecular flexibility index (Phi) is 4.29. The van der Waals surface area contributed by atoms with Crippen molar-refractivity contribution in [1.29, 1.82) is 0 Å². The second-order valence-electron chi connectivity index (χ2n) is 4.55. The number of carbonyl (C=O) groups excluding carboxylic acids is 2. The molecular weight excluding hydrogens is 296 g/mol. The highest BCUT2D eigenvalue weighted by atomic mass is 32.2. The highest BCUT2D eigenvalue weighted by molar-refractivity contribution is 7.89. The normalized spacial score (nSPS) is 14.2. The Morgan fingerprint density at radius 3 is 2.81 bits per heavy atom. The van der Waals surface area contributed by atoms with E-state index >= 15 is 0 Å². The number of nitrogens with one attached hydrogen (secondary N) is 1. The lowest BCUT2D eigenvalue weighted by Gasteiger charge is -2.11. The minimum Gasteiger partial charge on any atom is -0.465 e. The minimum atomic E-state index is -3.81. The average molecular weight is 312 g/mol. The lowest BCUT2D eigenvalue weighted by Crippen LogP contribution is -2.30. The van der Waals surface area contributed by atoms with Crippen LogP contribution in [0.15, 0.2) is 23.1 Å². The monoisotopic (exact) mass is 312 g/mol. The lowest BCUT2D eigenvalue weighted by molar-refractivity contribution is -0.141. The molecule has 1 amide bonds. The number of amides is 1. The predicted octanol–water partition coefficient (Wildman–Crippen LogP) is 0.0469. The van der Waals surface area contributed by atoms with Crippen LogP contribution in [0.2, 0.25) is 0 Å². The van der Waals surface area contributed by atoms with Crippen LogP contribution < -0.4 is 9.62 Å². The van der Waals surface area contributed by atoms with Crippen molar-refractivity contribution in [1.82, 2.24) is 4.72 Å². The molecule has 0 saturated carbocycles. The molecule has 1 aromatic rings. The number of nitrogens with zero attached hydrogens (tertiary/aromatic N) is 1. The zero-order valence-corrected chi connectivity index (χ0v) is 12.6. The van der Waals surface area contributed by atoms with Gasteiger partial charge in [0, 0.05) is 12.7 Å². The molecule has 1 aliphatic rings. The molecule has 0 saturated heterocycles. The molecule has 0 aromatic heterocycles. The van der Waals surface area contributed by atoms with Gasteiger partial charge >= 0.3 is 5.97 Å². The molecule has 2 rings (SSSR count). The molecule has 0 radical (unpaired) electrons. The van der Waals surface area contributed by atoms with Gasteiger partial charge in [-0.15, -0.1) is 0 Å². The highest BCUT2D eigenvalue weighted by Gasteiger charge is 2.26. The Bertz CT molecular complexity index is 684. The number of hydrogen-bond acceptors (Lipinski definition) is 5. The summed E-state index contributed by atoms with van der Waals surface area (Å²) < 4.78 is 31.0. The second-order valence-corrected chi connectivity index (χ2v) is 6.32. The van der Waals surface area contributed by atoms with Gasteiger partial charge in [-0.3, -0.25) is 9.59 Å². The maximum Gasteiger partial charge on any atom is 0.321 e. The standard InChI is InChI=1S/C13H16N2O5S/c1-3-20-13(17)8-14-21(18,19)10-4-5-11-9(6-10)7-12(16)15(11)2/h4-6,14H,3,7-8H2,1-2H3. The number of esters is 1. The Hall–Kier alpha value is -1.93. The summed E-state index contributed by atoms with van der Waals surface area (Å²) in [5.41, 5.74) is 1.35. The maximum atomic E-state index is 12.1. The molecular formula is C13H16N2O5S. The van der Waals surface area contributed by atoms with Gasteiger partial charge in [0.15, 0.2) is 0 Å². The summed E-state index contributed by atoms with van der Waals surface area (Å²) in [6, 6.07) is 4.44. The molecule has 0 fully saturated rings. The third-order valence-electron chi connectivity index (χ3n) is 3.15. The first-order valence-electron chi connectivity index (χ1n) is 6.40. The van der Waals surface area contributed by atoms with E-state index in [0.717, 1.165) is 0 Å². The SMILES string of the molecule is CCOC(=O)CNS(=O)(=O)c1ccc2c(c1)CC(=O)N2C. The first-order chi connectivity index (χ1) is 9.85. The third-order valence-corrected chi connectivity index (χ3v) is 4.55. The van der Waals surface area contributed by atoms with Gasteiger partial charge in [0.1, 0.15) is 6.54 Å². The van der Waals surface area contributed by atoms with Crippen LogP contribution in [0.25, 0.3) is 0 Å². The first kappa shape index (κ1) is 15.5. The van der Waals surface area contributed by atoms with Crippen molar-refractivity contribution in [3.05, 3.63) is 23.8 Å². The molecule has 0 bridgehead atoms. The molecule has 1 N–H and O–H groups in total. The second kappa shape index (κ2) is 5.82. The van der Waals surface area contributed by atoms with E-state index in [1.165, 1.54) is 17.0 Å². The van der Waals surface area contributed by atoms with E-state index in [2.05, 4.69) is 9.46 Å². The number of anilines is 1. The zero-order chi connectivity index (χ0) is 15.6. The van der Waals surface area contributed by atoms with Crippen molar-refractivity contribution in [2.75, 3.05) is 25.1 Å². The fourth-order valence-corrected chi connectivity index (χ4v) is 3.08. The van der Waals surface area contributed by atoms with Crippen LogP contribution in [-0.4, -0.2) is 40.5 Å². The molecule has 1 aromatic carbocycles. The van der Waals surface area contributed by atoms with E-state index < -0.39 is 22.5 Å². The van der Waals surface area contributed by atoms with Crippen molar-refractivity contribution in [3.8, 4) is 0 Å². The number of sulfonamides is 1. The third kappa shape index (κ3) is 3.22. The first-order valence-corrected chi connectivity index (χ1v) is 7.88. The van der Waals surface area contributed by atoms with Gasteiger partial charge < -0.3 is 9.64 Å². The summed E-state index contributed by atoms with van der Waals surface area (Å²) in [6.45, 7) is 1.40. The van der Waals surface area contributed by atoms with Gasteiger partial charge in [-0.05, 0) is 30.7 Å². The minimum absolute atomic E-state index is 0.0219. The fraction of sp³-hybridized carbons (Fsp3) is 0.385. The maximum absolute atomic E-state index is 12.1. The van der Waals surface area contributed by atoms with Gasteiger partial charge in [0.25, 0.3) is 0 Å². The van der Waals surface area contributed by atoms with Gasteiger partial charge in [0.05, 0.1) is 17.9 Å². The lowest BCUT2D eigenvalue weighted by atomic mass is 10.2. The number of hydrogen-bond donors (Lipinski definition) is 1. The number of benzene rings is 1. The Balaban J connectivity index is 2.17. The average Bonchev–Trinajstić information content (AvgIpc) is 2.72. The quantitative estimate of drug-likeness (QED) is 0.775. The Labute approximate surface area is 122 Å². The van der Waals surface area contributed by atoms with Crippen molar-refractivity contribution >= 4 is 27.6 Å². The number of rotatable bonds is 5. The van der Waals surface area contributed by atoms with E-state index in [4.69, 9.17) is 0 Å². The molecule has 0 spiro atoms. The number of likely N-dealkylation sites (N-methyl/N-ethyl adjacent to an activating group) is 1. The molecule has 7 nitrogen and oxygen atoms in total. The number of carbonyl (C=O) groups is 2. The smallest absolute Gasteiger partial charge is 0.321 e. The predicted molar refractivity (Wildman–Crippen MR) is 75.4 cm³/mol. The number of fused-ring (bicyclic) bond motifs is 1. The molecule has 0 aliphatic carbocycles. The summed E-state index contributed by atoms with van der Waals surface area (Å²) in [5.74, 6) is -0.726. The van der Waals surface area contributed by atoms with Crippen LogP contribution in [-0.2, 0) is 30.8 Å². The highest BCUT2D eigenvalue weighted by Crippen LogP contribution is 2.29. The van der Waals surface area contributed by atoms with Crippen molar-refractivity contribution in [3.63, 3.8) is 0 Å². The molecule has 8 heteroatoms. The van der Waals surface area contributed by atoms with Crippen LogP contribution in [0.3, 0.4) is 0 Å². The fourth-order valence-electron chi connectivity index (χ4n) is 2.06. The largest absolute Gasteiger partial charge is 0.465 e. The van der Waals surface area contributed by atoms with Gasteiger partial charge in [-0.2, -0.15) is 4.72 Å². The topological polar surface area (TPSA) is 92.8 Å².